The molecular weight excluding hydrogens is 241 g/mol. The van der Waals surface area contributed by atoms with Crippen LogP contribution in [0, 0.1) is 0 Å². The maximum Gasteiger partial charge on any atom is 0.389 e. The van der Waals surface area contributed by atoms with E-state index in [1.807, 2.05) is 0 Å². The maximum atomic E-state index is 11.7. The third-order valence-corrected chi connectivity index (χ3v) is 1.73. The molecule has 0 bridgehead atoms. The van der Waals surface area contributed by atoms with Gasteiger partial charge in [-0.1, -0.05) is 0 Å². The molecule has 0 heterocycles. The molecule has 0 aliphatic heterocycles. The van der Waals surface area contributed by atoms with Crippen molar-refractivity contribution in [3.8, 4) is 0 Å². The Bertz CT molecular complexity index is 164. The van der Waals surface area contributed by atoms with E-state index in [-0.39, 0.29) is 32.8 Å². The number of aliphatic hydroxyl groups is 1. The molecule has 0 saturated carbocycles. The van der Waals surface area contributed by atoms with E-state index in [9.17, 15) is 13.2 Å². The zero-order valence-electron chi connectivity index (χ0n) is 9.67. The van der Waals surface area contributed by atoms with Crippen molar-refractivity contribution >= 4 is 0 Å². The van der Waals surface area contributed by atoms with Crippen LogP contribution in [0.1, 0.15) is 12.8 Å². The van der Waals surface area contributed by atoms with Crippen LogP contribution in [0.3, 0.4) is 0 Å². The van der Waals surface area contributed by atoms with Gasteiger partial charge in [-0.3, -0.25) is 0 Å². The third kappa shape index (κ3) is 15.6. The highest BCUT2D eigenvalue weighted by Crippen LogP contribution is 2.20. The van der Waals surface area contributed by atoms with Crippen LogP contribution < -0.4 is 0 Å². The van der Waals surface area contributed by atoms with Gasteiger partial charge in [-0.2, -0.15) is 13.2 Å². The Balaban J connectivity index is 2.99. The van der Waals surface area contributed by atoms with Gasteiger partial charge in [0.15, 0.2) is 0 Å². The summed E-state index contributed by atoms with van der Waals surface area (Å²) in [4.78, 5) is 0. The van der Waals surface area contributed by atoms with E-state index in [0.717, 1.165) is 0 Å². The minimum atomic E-state index is -4.11. The van der Waals surface area contributed by atoms with Gasteiger partial charge >= 0.3 is 6.18 Å². The number of aliphatic hydroxyl groups excluding tert-OH is 1. The summed E-state index contributed by atoms with van der Waals surface area (Å²) in [6, 6.07) is 0. The maximum absolute atomic E-state index is 11.7. The van der Waals surface area contributed by atoms with E-state index in [1.165, 1.54) is 0 Å². The minimum absolute atomic E-state index is 0.0247. The molecule has 0 radical (unpaired) electrons. The lowest BCUT2D eigenvalue weighted by atomic mass is 10.3. The van der Waals surface area contributed by atoms with E-state index in [4.69, 9.17) is 19.3 Å². The Morgan fingerprint density at radius 1 is 0.765 bits per heavy atom. The van der Waals surface area contributed by atoms with E-state index in [1.54, 1.807) is 0 Å². The quantitative estimate of drug-likeness (QED) is 0.570. The standard InChI is InChI=1S/C10H19F3O4/c11-10(12,13)2-1-4-15-6-8-17-9-7-16-5-3-14/h14H,1-9H2. The van der Waals surface area contributed by atoms with Gasteiger partial charge in [0.25, 0.3) is 0 Å². The second-order valence-corrected chi connectivity index (χ2v) is 3.28. The number of hydrogen-bond donors (Lipinski definition) is 1. The summed E-state index contributed by atoms with van der Waals surface area (Å²) in [5.74, 6) is 0. The first-order valence-corrected chi connectivity index (χ1v) is 5.47. The fraction of sp³-hybridized carbons (Fsp3) is 1.00. The molecule has 0 spiro atoms. The van der Waals surface area contributed by atoms with Gasteiger partial charge in [-0.05, 0) is 6.42 Å². The van der Waals surface area contributed by atoms with Crippen molar-refractivity contribution in [2.45, 2.75) is 19.0 Å². The highest BCUT2D eigenvalue weighted by atomic mass is 19.4. The molecule has 0 aliphatic carbocycles. The summed E-state index contributed by atoms with van der Waals surface area (Å²) >= 11 is 0. The Kier molecular flexibility index (Phi) is 10.5. The van der Waals surface area contributed by atoms with Gasteiger partial charge in [0.2, 0.25) is 0 Å². The smallest absolute Gasteiger partial charge is 0.389 e. The molecule has 0 aromatic rings. The third-order valence-electron chi connectivity index (χ3n) is 1.73. The van der Waals surface area contributed by atoms with E-state index < -0.39 is 12.6 Å². The summed E-state index contributed by atoms with van der Waals surface area (Å²) in [6.45, 7) is 1.70. The summed E-state index contributed by atoms with van der Waals surface area (Å²) in [6.07, 6.45) is -4.95. The van der Waals surface area contributed by atoms with Crippen LogP contribution in [0.2, 0.25) is 0 Å². The number of hydrogen-bond acceptors (Lipinski definition) is 4. The zero-order valence-corrected chi connectivity index (χ0v) is 9.67. The van der Waals surface area contributed by atoms with Crippen molar-refractivity contribution in [3.63, 3.8) is 0 Å². The number of alkyl halides is 3. The lowest BCUT2D eigenvalue weighted by molar-refractivity contribution is -0.138. The Hall–Kier alpha value is -0.370. The van der Waals surface area contributed by atoms with Gasteiger partial charge < -0.3 is 19.3 Å². The monoisotopic (exact) mass is 260 g/mol. The largest absolute Gasteiger partial charge is 0.394 e. The van der Waals surface area contributed by atoms with Crippen LogP contribution in [0.5, 0.6) is 0 Å². The molecule has 0 aromatic heterocycles. The SMILES string of the molecule is OCCOCCOCCOCCCC(F)(F)F. The van der Waals surface area contributed by atoms with Gasteiger partial charge in [-0.25, -0.2) is 0 Å². The van der Waals surface area contributed by atoms with Crippen molar-refractivity contribution in [1.29, 1.82) is 0 Å². The van der Waals surface area contributed by atoms with Crippen molar-refractivity contribution in [3.05, 3.63) is 0 Å². The average Bonchev–Trinajstić information content (AvgIpc) is 2.24. The van der Waals surface area contributed by atoms with Gasteiger partial charge in [0.05, 0.1) is 39.6 Å². The van der Waals surface area contributed by atoms with Crippen LogP contribution in [-0.2, 0) is 14.2 Å². The fourth-order valence-corrected chi connectivity index (χ4v) is 0.981. The minimum Gasteiger partial charge on any atom is -0.394 e. The van der Waals surface area contributed by atoms with Crippen molar-refractivity contribution in [1.82, 2.24) is 0 Å². The molecule has 17 heavy (non-hydrogen) atoms. The lowest BCUT2D eigenvalue weighted by Gasteiger charge is -2.07. The topological polar surface area (TPSA) is 47.9 Å². The van der Waals surface area contributed by atoms with Gasteiger partial charge in [0, 0.05) is 13.0 Å². The predicted octanol–water partition coefficient (Wildman–Crippen LogP) is 1.37. The predicted molar refractivity (Wildman–Crippen MR) is 54.8 cm³/mol. The van der Waals surface area contributed by atoms with Gasteiger partial charge in [0.1, 0.15) is 0 Å². The van der Waals surface area contributed by atoms with E-state index in [0.29, 0.717) is 19.8 Å². The lowest BCUT2D eigenvalue weighted by Crippen LogP contribution is -2.12. The molecule has 4 nitrogen and oxygen atoms in total. The Morgan fingerprint density at radius 2 is 1.24 bits per heavy atom. The fourth-order valence-electron chi connectivity index (χ4n) is 0.981. The molecule has 7 heteroatoms. The highest BCUT2D eigenvalue weighted by Gasteiger charge is 2.25. The number of halogens is 3. The average molecular weight is 260 g/mol. The van der Waals surface area contributed by atoms with Crippen molar-refractivity contribution < 1.29 is 32.5 Å². The Morgan fingerprint density at radius 3 is 1.71 bits per heavy atom. The number of rotatable bonds is 11. The normalized spacial score (nSPS) is 12.0. The molecule has 0 fully saturated rings. The van der Waals surface area contributed by atoms with Crippen LogP contribution >= 0.6 is 0 Å². The number of ether oxygens (including phenoxy) is 3. The van der Waals surface area contributed by atoms with Crippen LogP contribution in [0.15, 0.2) is 0 Å². The molecule has 0 rings (SSSR count). The molecule has 0 amide bonds. The molecule has 0 unspecified atom stereocenters. The molecule has 0 aromatic carbocycles. The van der Waals surface area contributed by atoms with Crippen molar-refractivity contribution in [2.75, 3.05) is 46.2 Å². The van der Waals surface area contributed by atoms with Crippen LogP contribution in [0.25, 0.3) is 0 Å². The Labute approximate surface area is 98.7 Å². The molecule has 1 N–H and O–H groups in total. The van der Waals surface area contributed by atoms with Crippen LogP contribution in [0.4, 0.5) is 13.2 Å². The second kappa shape index (κ2) is 10.8. The first-order chi connectivity index (χ1) is 8.06. The highest BCUT2D eigenvalue weighted by molar-refractivity contribution is 4.49. The van der Waals surface area contributed by atoms with E-state index in [2.05, 4.69) is 0 Å². The molecular formula is C10H19F3O4. The summed E-state index contributed by atoms with van der Waals surface area (Å²) in [5.41, 5.74) is 0. The zero-order chi connectivity index (χ0) is 13.0. The first kappa shape index (κ1) is 16.6. The molecule has 0 aliphatic rings. The first-order valence-electron chi connectivity index (χ1n) is 5.47. The molecule has 104 valence electrons. The molecule has 0 saturated heterocycles. The van der Waals surface area contributed by atoms with Crippen molar-refractivity contribution in [2.24, 2.45) is 0 Å². The molecule has 0 atom stereocenters. The summed E-state index contributed by atoms with van der Waals surface area (Å²) < 4.78 is 50.1. The van der Waals surface area contributed by atoms with Crippen LogP contribution in [-0.4, -0.2) is 57.5 Å². The van der Waals surface area contributed by atoms with Gasteiger partial charge in [-0.15, -0.1) is 0 Å². The second-order valence-electron chi connectivity index (χ2n) is 3.28. The van der Waals surface area contributed by atoms with E-state index >= 15 is 0 Å². The summed E-state index contributed by atoms with van der Waals surface area (Å²) in [7, 11) is 0. The summed E-state index contributed by atoms with van der Waals surface area (Å²) in [5, 5.41) is 8.38.